The molecule has 0 spiro atoms. The van der Waals surface area contributed by atoms with Crippen LogP contribution in [0.5, 0.6) is 0 Å². The second-order valence-electron chi connectivity index (χ2n) is 5.47. The van der Waals surface area contributed by atoms with Gasteiger partial charge in [-0.3, -0.25) is 20.2 Å². The van der Waals surface area contributed by atoms with Gasteiger partial charge in [0.05, 0.1) is 20.4 Å². The fourth-order valence-corrected chi connectivity index (χ4v) is 2.88. The number of halogens is 8. The first-order chi connectivity index (χ1) is 13.2. The van der Waals surface area contributed by atoms with Gasteiger partial charge in [-0.15, -0.1) is 0 Å². The van der Waals surface area contributed by atoms with Gasteiger partial charge in [0.15, 0.2) is 0 Å². The van der Waals surface area contributed by atoms with Gasteiger partial charge in [0, 0.05) is 17.8 Å². The van der Waals surface area contributed by atoms with E-state index in [0.29, 0.717) is 6.07 Å². The van der Waals surface area contributed by atoms with E-state index >= 15 is 4.39 Å². The lowest BCUT2D eigenvalue weighted by Gasteiger charge is -2.28. The molecule has 1 heterocycles. The molecule has 0 bridgehead atoms. The smallest absolute Gasteiger partial charge is 0.347 e. The summed E-state index contributed by atoms with van der Waals surface area (Å²) < 4.78 is 79.1. The van der Waals surface area contributed by atoms with E-state index < -0.39 is 67.0 Å². The van der Waals surface area contributed by atoms with Crippen LogP contribution in [-0.4, -0.2) is 33.1 Å². The molecule has 1 N–H and O–H groups in total. The predicted octanol–water partition coefficient (Wildman–Crippen LogP) is 4.41. The lowest BCUT2D eigenvalue weighted by Crippen LogP contribution is -2.53. The summed E-state index contributed by atoms with van der Waals surface area (Å²) in [4.78, 5) is 22.5. The summed E-state index contributed by atoms with van der Waals surface area (Å²) in [5.41, 5.74) is -4.39. The SMILES string of the molecule is O=[N+]([O-])C1=C(Cl)C(C(F)F)=C[C@](F)([N+](=O)[O-])C1Nc1ncc(C(F)(F)F)cc1Cl. The third kappa shape index (κ3) is 4.22. The second-order valence-corrected chi connectivity index (χ2v) is 6.26. The van der Waals surface area contributed by atoms with Gasteiger partial charge in [-0.25, -0.2) is 13.8 Å². The minimum atomic E-state index is -4.87. The standard InChI is InChI=1S/C13H6Cl2F6N4O4/c14-6-1-4(13(19,20)21)3-22-11(6)23-9-8(24(26)27)7(15)5(10(16)17)2-12(9,18)25(28)29/h1-3,9-10H,(H,22,23)/t9?,12-/m0/s1. The molecule has 0 aliphatic heterocycles. The van der Waals surface area contributed by atoms with Crippen LogP contribution in [0.2, 0.25) is 5.02 Å². The topological polar surface area (TPSA) is 111 Å². The Morgan fingerprint density at radius 2 is 1.83 bits per heavy atom. The van der Waals surface area contributed by atoms with Crippen molar-refractivity contribution in [1.82, 2.24) is 4.98 Å². The Morgan fingerprint density at radius 1 is 1.24 bits per heavy atom. The highest BCUT2D eigenvalue weighted by atomic mass is 35.5. The van der Waals surface area contributed by atoms with Gasteiger partial charge in [-0.05, 0) is 6.07 Å². The molecule has 1 aromatic heterocycles. The molecule has 0 fully saturated rings. The van der Waals surface area contributed by atoms with E-state index in [1.807, 2.05) is 5.32 Å². The van der Waals surface area contributed by atoms with Crippen molar-refractivity contribution in [3.63, 3.8) is 0 Å². The highest BCUT2D eigenvalue weighted by Gasteiger charge is 2.61. The minimum absolute atomic E-state index is 0.220. The zero-order valence-corrected chi connectivity index (χ0v) is 14.9. The number of nitrogens with zero attached hydrogens (tertiary/aromatic N) is 3. The lowest BCUT2D eigenvalue weighted by atomic mass is 9.92. The summed E-state index contributed by atoms with van der Waals surface area (Å²) in [7, 11) is 0. The number of aromatic nitrogens is 1. The highest BCUT2D eigenvalue weighted by Crippen LogP contribution is 2.42. The maximum atomic E-state index is 15.0. The van der Waals surface area contributed by atoms with Crippen molar-refractivity contribution in [2.24, 2.45) is 0 Å². The van der Waals surface area contributed by atoms with Crippen LogP contribution in [0.4, 0.5) is 32.2 Å². The molecule has 2 rings (SSSR count). The minimum Gasteiger partial charge on any atom is -0.347 e. The van der Waals surface area contributed by atoms with Crippen molar-refractivity contribution in [2.45, 2.75) is 24.4 Å². The number of anilines is 1. The van der Waals surface area contributed by atoms with E-state index in [1.165, 1.54) is 0 Å². The molecule has 1 aliphatic rings. The van der Waals surface area contributed by atoms with Crippen LogP contribution in [0.15, 0.2) is 34.6 Å². The second kappa shape index (κ2) is 7.67. The van der Waals surface area contributed by atoms with E-state index in [9.17, 15) is 42.2 Å². The molecule has 1 unspecified atom stereocenters. The molecule has 16 heteroatoms. The molecule has 1 aromatic rings. The van der Waals surface area contributed by atoms with E-state index in [1.54, 1.807) is 0 Å². The number of pyridine rings is 1. The first kappa shape index (κ1) is 22.7. The van der Waals surface area contributed by atoms with Gasteiger partial charge < -0.3 is 5.32 Å². The Balaban J connectivity index is 2.62. The number of hydrogen-bond acceptors (Lipinski definition) is 6. The average molecular weight is 467 g/mol. The van der Waals surface area contributed by atoms with Gasteiger partial charge in [-0.2, -0.15) is 17.6 Å². The molecule has 0 saturated heterocycles. The molecule has 0 radical (unpaired) electrons. The van der Waals surface area contributed by atoms with Crippen LogP contribution in [0, 0.1) is 20.2 Å². The van der Waals surface area contributed by atoms with Crippen LogP contribution in [0.1, 0.15) is 5.56 Å². The largest absolute Gasteiger partial charge is 0.417 e. The van der Waals surface area contributed by atoms with E-state index in [2.05, 4.69) is 4.98 Å². The molecular weight excluding hydrogens is 461 g/mol. The molecule has 8 nitrogen and oxygen atoms in total. The zero-order chi connectivity index (χ0) is 22.3. The number of allylic oxidation sites excluding steroid dienone is 2. The summed E-state index contributed by atoms with van der Waals surface area (Å²) in [6.07, 6.45) is -8.46. The fourth-order valence-electron chi connectivity index (χ4n) is 2.34. The summed E-state index contributed by atoms with van der Waals surface area (Å²) in [5, 5.41) is 22.2. The van der Waals surface area contributed by atoms with E-state index in [-0.39, 0.29) is 12.3 Å². The maximum absolute atomic E-state index is 15.0. The number of alkyl halides is 6. The highest BCUT2D eigenvalue weighted by molar-refractivity contribution is 6.33. The number of nitrogens with one attached hydrogen (secondary N) is 1. The fraction of sp³-hybridized carbons (Fsp3) is 0.308. The molecule has 1 aliphatic carbocycles. The van der Waals surface area contributed by atoms with Crippen LogP contribution >= 0.6 is 23.2 Å². The van der Waals surface area contributed by atoms with Gasteiger partial charge in [0.25, 0.3) is 12.1 Å². The quantitative estimate of drug-likeness (QED) is 0.297. The first-order valence-electron chi connectivity index (χ1n) is 7.08. The van der Waals surface area contributed by atoms with Gasteiger partial charge >= 0.3 is 12.0 Å². The zero-order valence-electron chi connectivity index (χ0n) is 13.4. The maximum Gasteiger partial charge on any atom is 0.417 e. The Hall–Kier alpha value is -2.61. The Labute approximate surface area is 166 Å². The lowest BCUT2D eigenvalue weighted by molar-refractivity contribution is -0.596. The average Bonchev–Trinajstić information content (AvgIpc) is 2.57. The first-order valence-corrected chi connectivity index (χ1v) is 7.83. The summed E-state index contributed by atoms with van der Waals surface area (Å²) in [6, 6.07) is -2.33. The predicted molar refractivity (Wildman–Crippen MR) is 86.5 cm³/mol. The summed E-state index contributed by atoms with van der Waals surface area (Å²) in [5.74, 6) is -4.84. The molecule has 0 aromatic carbocycles. The van der Waals surface area contributed by atoms with Crippen molar-refractivity contribution in [3.05, 3.63) is 65.5 Å². The molecule has 158 valence electrons. The monoisotopic (exact) mass is 466 g/mol. The van der Waals surface area contributed by atoms with Crippen molar-refractivity contribution < 1.29 is 36.2 Å². The van der Waals surface area contributed by atoms with E-state index in [0.717, 1.165) is 0 Å². The Morgan fingerprint density at radius 3 is 2.24 bits per heavy atom. The van der Waals surface area contributed by atoms with Gasteiger partial charge in [-0.1, -0.05) is 23.2 Å². The van der Waals surface area contributed by atoms with Crippen molar-refractivity contribution in [2.75, 3.05) is 5.32 Å². The molecule has 29 heavy (non-hydrogen) atoms. The summed E-state index contributed by atoms with van der Waals surface area (Å²) >= 11 is 11.1. The number of rotatable bonds is 5. The third-order valence-corrected chi connectivity index (χ3v) is 4.38. The van der Waals surface area contributed by atoms with Crippen LogP contribution in [0.3, 0.4) is 0 Å². The van der Waals surface area contributed by atoms with Crippen LogP contribution < -0.4 is 5.32 Å². The normalized spacial score (nSPS) is 22.5. The van der Waals surface area contributed by atoms with Crippen LogP contribution in [-0.2, 0) is 6.18 Å². The number of nitro groups is 2. The van der Waals surface area contributed by atoms with Crippen molar-refractivity contribution >= 4 is 29.0 Å². The van der Waals surface area contributed by atoms with Crippen LogP contribution in [0.25, 0.3) is 0 Å². The van der Waals surface area contributed by atoms with Crippen molar-refractivity contribution in [1.29, 1.82) is 0 Å². The Kier molecular flexibility index (Phi) is 5.99. The molecular formula is C13H6Cl2F6N4O4. The molecule has 0 saturated carbocycles. The number of hydrogen-bond donors (Lipinski definition) is 1. The van der Waals surface area contributed by atoms with Gasteiger partial charge in [0.2, 0.25) is 6.04 Å². The van der Waals surface area contributed by atoms with Crippen molar-refractivity contribution in [3.8, 4) is 0 Å². The van der Waals surface area contributed by atoms with E-state index in [4.69, 9.17) is 23.2 Å². The Bertz CT molecular complexity index is 938. The summed E-state index contributed by atoms with van der Waals surface area (Å²) in [6.45, 7) is 0. The molecule has 0 amide bonds. The van der Waals surface area contributed by atoms with Gasteiger partial charge in [0.1, 0.15) is 10.9 Å². The third-order valence-electron chi connectivity index (χ3n) is 3.68. The molecule has 2 atom stereocenters.